The van der Waals surface area contributed by atoms with E-state index in [2.05, 4.69) is 43.4 Å². The van der Waals surface area contributed by atoms with E-state index in [1.165, 1.54) is 5.56 Å². The second-order valence-electron chi connectivity index (χ2n) is 7.22. The van der Waals surface area contributed by atoms with Crippen LogP contribution >= 0.6 is 0 Å². The third-order valence-corrected chi connectivity index (χ3v) is 4.33. The third kappa shape index (κ3) is 10.5. The first-order valence-corrected chi connectivity index (χ1v) is 10.3. The van der Waals surface area contributed by atoms with Crippen molar-refractivity contribution in [3.05, 3.63) is 71.6 Å². The first-order chi connectivity index (χ1) is 14.0. The van der Waals surface area contributed by atoms with E-state index in [4.69, 9.17) is 21.5 Å². The molecule has 1 aromatic rings. The van der Waals surface area contributed by atoms with E-state index in [9.17, 15) is 0 Å². The number of hydrogen-bond acceptors (Lipinski definition) is 4. The van der Waals surface area contributed by atoms with Crippen molar-refractivity contribution in [2.24, 2.45) is 27.4 Å². The van der Waals surface area contributed by atoms with Gasteiger partial charge in [-0.05, 0) is 56.5 Å². The highest BCUT2D eigenvalue weighted by Gasteiger charge is 2.07. The minimum absolute atomic E-state index is 0.311. The van der Waals surface area contributed by atoms with Crippen LogP contribution in [0.5, 0.6) is 0 Å². The molecule has 0 aliphatic heterocycles. The zero-order valence-electron chi connectivity index (χ0n) is 18.4. The molecule has 5 heteroatoms. The molecule has 1 aromatic carbocycles. The fraction of sp³-hybridized carbons (Fsp3) is 0.417. The van der Waals surface area contributed by atoms with Gasteiger partial charge in [0, 0.05) is 30.6 Å². The van der Waals surface area contributed by atoms with E-state index < -0.39 is 0 Å². The molecule has 29 heavy (non-hydrogen) atoms. The molecular formula is C24H37N5. The summed E-state index contributed by atoms with van der Waals surface area (Å²) in [6.45, 7) is 10.4. The summed E-state index contributed by atoms with van der Waals surface area (Å²) in [5, 5.41) is 3.43. The number of allylic oxidation sites excluding steroid dienone is 2. The Morgan fingerprint density at radius 1 is 1.10 bits per heavy atom. The van der Waals surface area contributed by atoms with Gasteiger partial charge in [0.25, 0.3) is 0 Å². The normalized spacial score (nSPS) is 14.1. The zero-order valence-corrected chi connectivity index (χ0v) is 18.4. The first-order valence-electron chi connectivity index (χ1n) is 10.3. The van der Waals surface area contributed by atoms with Crippen LogP contribution in [0.15, 0.2) is 76.0 Å². The zero-order chi connectivity index (χ0) is 21.5. The molecule has 0 radical (unpaired) electrons. The van der Waals surface area contributed by atoms with Crippen molar-refractivity contribution in [1.82, 2.24) is 5.32 Å². The van der Waals surface area contributed by atoms with Gasteiger partial charge in [-0.15, -0.1) is 0 Å². The van der Waals surface area contributed by atoms with Gasteiger partial charge in [0.1, 0.15) is 5.84 Å². The molecule has 5 nitrogen and oxygen atoms in total. The van der Waals surface area contributed by atoms with E-state index in [0.717, 1.165) is 36.4 Å². The maximum Gasteiger partial charge on any atom is 0.149 e. The molecule has 0 fully saturated rings. The molecule has 0 amide bonds. The Balaban J connectivity index is 2.92. The molecule has 0 heterocycles. The lowest BCUT2D eigenvalue weighted by Crippen LogP contribution is -2.13. The van der Waals surface area contributed by atoms with Gasteiger partial charge in [-0.2, -0.15) is 0 Å². The number of hydrogen-bond donors (Lipinski definition) is 3. The van der Waals surface area contributed by atoms with E-state index >= 15 is 0 Å². The minimum Gasteiger partial charge on any atom is -0.404 e. The molecule has 1 rings (SSSR count). The number of amidine groups is 1. The van der Waals surface area contributed by atoms with Crippen LogP contribution < -0.4 is 16.8 Å². The summed E-state index contributed by atoms with van der Waals surface area (Å²) in [5.41, 5.74) is 15.5. The number of nitrogens with one attached hydrogen (secondary N) is 1. The second kappa shape index (κ2) is 14.4. The summed E-state index contributed by atoms with van der Waals surface area (Å²) in [5.74, 6) is 1.01. The van der Waals surface area contributed by atoms with Crippen LogP contribution in [0.25, 0.3) is 0 Å². The molecule has 0 aliphatic carbocycles. The van der Waals surface area contributed by atoms with Crippen molar-refractivity contribution in [2.75, 3.05) is 13.1 Å². The van der Waals surface area contributed by atoms with Gasteiger partial charge in [-0.1, -0.05) is 56.3 Å². The SMILES string of the molecule is CC(=NC(/C=C(\C)NCc1ccccc1)=NCC/C=C/CCN)/C(=C\N)C(C)C. The number of nitrogens with two attached hydrogens (primary N) is 2. The average molecular weight is 396 g/mol. The molecule has 0 atom stereocenters. The maximum absolute atomic E-state index is 5.80. The van der Waals surface area contributed by atoms with Gasteiger partial charge in [-0.25, -0.2) is 4.99 Å². The number of rotatable bonds is 11. The summed E-state index contributed by atoms with van der Waals surface area (Å²) < 4.78 is 0. The Hall–Kier alpha value is -2.66. The lowest BCUT2D eigenvalue weighted by atomic mass is 10.0. The number of aliphatic imine (C=N–C) groups is 2. The van der Waals surface area contributed by atoms with Gasteiger partial charge < -0.3 is 16.8 Å². The van der Waals surface area contributed by atoms with Crippen molar-refractivity contribution in [2.45, 2.75) is 47.1 Å². The summed E-state index contributed by atoms with van der Waals surface area (Å²) >= 11 is 0. The van der Waals surface area contributed by atoms with Crippen molar-refractivity contribution in [3.63, 3.8) is 0 Å². The van der Waals surface area contributed by atoms with Crippen molar-refractivity contribution in [1.29, 1.82) is 0 Å². The molecule has 5 N–H and O–H groups in total. The van der Waals surface area contributed by atoms with E-state index in [-0.39, 0.29) is 0 Å². The smallest absolute Gasteiger partial charge is 0.149 e. The minimum atomic E-state index is 0.311. The molecule has 0 bridgehead atoms. The van der Waals surface area contributed by atoms with E-state index in [1.54, 1.807) is 6.20 Å². The molecule has 158 valence electrons. The van der Waals surface area contributed by atoms with Gasteiger partial charge in [0.2, 0.25) is 0 Å². The molecular weight excluding hydrogens is 358 g/mol. The Morgan fingerprint density at radius 2 is 1.79 bits per heavy atom. The Labute approximate surface area is 176 Å². The van der Waals surface area contributed by atoms with Crippen LogP contribution in [0.3, 0.4) is 0 Å². The van der Waals surface area contributed by atoms with Crippen LogP contribution in [-0.2, 0) is 6.54 Å². The fourth-order valence-electron chi connectivity index (χ4n) is 2.75. The highest BCUT2D eigenvalue weighted by Crippen LogP contribution is 2.11. The first kappa shape index (κ1) is 24.4. The maximum atomic E-state index is 5.80. The highest BCUT2D eigenvalue weighted by molar-refractivity contribution is 6.09. The van der Waals surface area contributed by atoms with Crippen LogP contribution in [0, 0.1) is 5.92 Å². The van der Waals surface area contributed by atoms with Gasteiger partial charge in [0.15, 0.2) is 0 Å². The van der Waals surface area contributed by atoms with Crippen LogP contribution in [0.1, 0.15) is 46.1 Å². The summed E-state index contributed by atoms with van der Waals surface area (Å²) in [7, 11) is 0. The number of benzene rings is 1. The quantitative estimate of drug-likeness (QED) is 0.225. The van der Waals surface area contributed by atoms with Crippen molar-refractivity contribution >= 4 is 11.5 Å². The third-order valence-electron chi connectivity index (χ3n) is 4.33. The van der Waals surface area contributed by atoms with Gasteiger partial charge in [-0.3, -0.25) is 4.99 Å². The largest absolute Gasteiger partial charge is 0.404 e. The lowest BCUT2D eigenvalue weighted by molar-refractivity contribution is 0.798. The predicted octanol–water partition coefficient (Wildman–Crippen LogP) is 4.33. The second-order valence-corrected chi connectivity index (χ2v) is 7.22. The topological polar surface area (TPSA) is 88.8 Å². The van der Waals surface area contributed by atoms with Crippen LogP contribution in [-0.4, -0.2) is 24.6 Å². The van der Waals surface area contributed by atoms with Crippen molar-refractivity contribution < 1.29 is 0 Å². The van der Waals surface area contributed by atoms with Crippen LogP contribution in [0.2, 0.25) is 0 Å². The average Bonchev–Trinajstić information content (AvgIpc) is 2.70. The monoisotopic (exact) mass is 395 g/mol. The van der Waals surface area contributed by atoms with Crippen LogP contribution in [0.4, 0.5) is 0 Å². The lowest BCUT2D eigenvalue weighted by Gasteiger charge is -2.11. The van der Waals surface area contributed by atoms with Gasteiger partial charge >= 0.3 is 0 Å². The molecule has 0 saturated carbocycles. The molecule has 0 aliphatic rings. The Bertz CT molecular complexity index is 740. The molecule has 0 unspecified atom stereocenters. The van der Waals surface area contributed by atoms with E-state index in [1.807, 2.05) is 38.1 Å². The van der Waals surface area contributed by atoms with Gasteiger partial charge in [0.05, 0.1) is 0 Å². The van der Waals surface area contributed by atoms with E-state index in [0.29, 0.717) is 24.8 Å². The molecule has 0 saturated heterocycles. The summed E-state index contributed by atoms with van der Waals surface area (Å²) in [4.78, 5) is 9.45. The number of nitrogens with zero attached hydrogens (tertiary/aromatic N) is 2. The predicted molar refractivity (Wildman–Crippen MR) is 127 cm³/mol. The molecule has 0 spiro atoms. The summed E-state index contributed by atoms with van der Waals surface area (Å²) in [6.07, 6.45) is 9.61. The molecule has 0 aromatic heterocycles. The summed E-state index contributed by atoms with van der Waals surface area (Å²) in [6, 6.07) is 10.3. The van der Waals surface area contributed by atoms with Crippen molar-refractivity contribution in [3.8, 4) is 0 Å². The Kier molecular flexibility index (Phi) is 12.1. The Morgan fingerprint density at radius 3 is 2.41 bits per heavy atom. The fourth-order valence-corrected chi connectivity index (χ4v) is 2.75. The highest BCUT2D eigenvalue weighted by atomic mass is 14.9. The standard InChI is InChI=1S/C24H37N5/c1-19(2)23(17-26)21(4)29-24(27-15-11-6-5-10-14-25)16-20(3)28-18-22-12-8-7-9-13-22/h5-9,12-13,16-17,19,28H,10-11,14-15,18,25-26H2,1-4H3/b6-5+,20-16+,23-17-,27-24?,29-21?.